The third-order valence-corrected chi connectivity index (χ3v) is 3.80. The Kier molecular flexibility index (Phi) is 4.02. The number of benzene rings is 1. The lowest BCUT2D eigenvalue weighted by Crippen LogP contribution is -2.47. The highest BCUT2D eigenvalue weighted by Crippen LogP contribution is 2.13. The number of hydrogen-bond donors (Lipinski definition) is 0. The van der Waals surface area contributed by atoms with Gasteiger partial charge in [-0.05, 0) is 30.5 Å². The number of amides is 1. The Labute approximate surface area is 109 Å². The van der Waals surface area contributed by atoms with Crippen LogP contribution in [-0.4, -0.2) is 41.9 Å². The van der Waals surface area contributed by atoms with Gasteiger partial charge in [-0.2, -0.15) is 0 Å². The predicted molar refractivity (Wildman–Crippen MR) is 73.4 cm³/mol. The second kappa shape index (κ2) is 5.53. The molecule has 1 amide bonds. The maximum Gasteiger partial charge on any atom is 0.219 e. The lowest BCUT2D eigenvalue weighted by molar-refractivity contribution is -0.130. The van der Waals surface area contributed by atoms with Crippen LogP contribution in [0.4, 0.5) is 0 Å². The van der Waals surface area contributed by atoms with Gasteiger partial charge in [-0.1, -0.05) is 18.2 Å². The van der Waals surface area contributed by atoms with Crippen LogP contribution in [0.2, 0.25) is 0 Å². The van der Waals surface area contributed by atoms with Gasteiger partial charge < -0.3 is 4.90 Å². The molecule has 1 saturated heterocycles. The van der Waals surface area contributed by atoms with Crippen LogP contribution >= 0.6 is 0 Å². The minimum atomic E-state index is 0.195. The number of carbonyl (C=O) groups excluding carboxylic acids is 1. The predicted octanol–water partition coefficient (Wildman–Crippen LogP) is 1.97. The number of hydrogen-bond acceptors (Lipinski definition) is 2. The zero-order valence-electron chi connectivity index (χ0n) is 11.6. The topological polar surface area (TPSA) is 23.6 Å². The van der Waals surface area contributed by atoms with Crippen LogP contribution in [0.15, 0.2) is 18.2 Å². The number of carbonyl (C=O) groups is 1. The van der Waals surface area contributed by atoms with Crippen molar-refractivity contribution in [3.8, 4) is 0 Å². The van der Waals surface area contributed by atoms with E-state index in [0.717, 1.165) is 32.7 Å². The van der Waals surface area contributed by atoms with Crippen LogP contribution < -0.4 is 0 Å². The van der Waals surface area contributed by atoms with E-state index in [2.05, 4.69) is 36.9 Å². The molecule has 0 N–H and O–H groups in total. The monoisotopic (exact) mass is 246 g/mol. The first-order chi connectivity index (χ1) is 8.56. The minimum Gasteiger partial charge on any atom is -0.340 e. The van der Waals surface area contributed by atoms with Gasteiger partial charge in [-0.25, -0.2) is 0 Å². The van der Waals surface area contributed by atoms with E-state index in [4.69, 9.17) is 0 Å². The van der Waals surface area contributed by atoms with Gasteiger partial charge in [-0.15, -0.1) is 0 Å². The van der Waals surface area contributed by atoms with E-state index >= 15 is 0 Å². The zero-order valence-corrected chi connectivity index (χ0v) is 11.6. The smallest absolute Gasteiger partial charge is 0.219 e. The van der Waals surface area contributed by atoms with Crippen LogP contribution in [0.25, 0.3) is 0 Å². The molecule has 1 aliphatic heterocycles. The standard InChI is InChI=1S/C15H22N2O/c1-12-4-5-15(10-13(12)2)11-16-6-8-17(9-7-16)14(3)18/h4-5,10H,6-9,11H2,1-3H3. The molecule has 1 heterocycles. The fourth-order valence-corrected chi connectivity index (χ4v) is 2.38. The number of rotatable bonds is 2. The fourth-order valence-electron chi connectivity index (χ4n) is 2.38. The third-order valence-electron chi connectivity index (χ3n) is 3.80. The first kappa shape index (κ1) is 13.1. The van der Waals surface area contributed by atoms with Gasteiger partial charge >= 0.3 is 0 Å². The molecular formula is C15H22N2O. The molecule has 0 aliphatic carbocycles. The van der Waals surface area contributed by atoms with Gasteiger partial charge in [0.1, 0.15) is 0 Å². The largest absolute Gasteiger partial charge is 0.340 e. The van der Waals surface area contributed by atoms with Crippen LogP contribution in [0, 0.1) is 13.8 Å². The molecule has 0 atom stereocenters. The van der Waals surface area contributed by atoms with Crippen molar-refractivity contribution < 1.29 is 4.79 Å². The SMILES string of the molecule is CC(=O)N1CCN(Cc2ccc(C)c(C)c2)CC1. The van der Waals surface area contributed by atoms with Crippen LogP contribution in [0.3, 0.4) is 0 Å². The molecule has 3 nitrogen and oxygen atoms in total. The summed E-state index contributed by atoms with van der Waals surface area (Å²) < 4.78 is 0. The molecule has 0 saturated carbocycles. The molecule has 1 aromatic carbocycles. The summed E-state index contributed by atoms with van der Waals surface area (Å²) in [5, 5.41) is 0. The van der Waals surface area contributed by atoms with E-state index in [1.807, 2.05) is 4.90 Å². The molecule has 0 unspecified atom stereocenters. The molecular weight excluding hydrogens is 224 g/mol. The molecule has 1 aliphatic rings. The van der Waals surface area contributed by atoms with E-state index in [9.17, 15) is 4.79 Å². The first-order valence-corrected chi connectivity index (χ1v) is 6.60. The fraction of sp³-hybridized carbons (Fsp3) is 0.533. The average molecular weight is 246 g/mol. The Balaban J connectivity index is 1.91. The summed E-state index contributed by atoms with van der Waals surface area (Å²) >= 11 is 0. The van der Waals surface area contributed by atoms with Gasteiger partial charge in [0.2, 0.25) is 5.91 Å². The molecule has 0 aromatic heterocycles. The average Bonchev–Trinajstić information content (AvgIpc) is 2.34. The summed E-state index contributed by atoms with van der Waals surface area (Å²) in [5.74, 6) is 0.195. The molecule has 3 heteroatoms. The van der Waals surface area contributed by atoms with Crippen LogP contribution in [0.1, 0.15) is 23.6 Å². The van der Waals surface area contributed by atoms with Crippen molar-refractivity contribution in [1.82, 2.24) is 9.80 Å². The number of piperazine rings is 1. The van der Waals surface area contributed by atoms with E-state index in [1.54, 1.807) is 6.92 Å². The van der Waals surface area contributed by atoms with Crippen LogP contribution in [-0.2, 0) is 11.3 Å². The van der Waals surface area contributed by atoms with Crippen molar-refractivity contribution in [1.29, 1.82) is 0 Å². The highest BCUT2D eigenvalue weighted by molar-refractivity contribution is 5.73. The number of nitrogens with zero attached hydrogens (tertiary/aromatic N) is 2. The van der Waals surface area contributed by atoms with Crippen molar-refractivity contribution in [2.75, 3.05) is 26.2 Å². The molecule has 2 rings (SSSR count). The summed E-state index contributed by atoms with van der Waals surface area (Å²) in [6, 6.07) is 6.67. The Morgan fingerprint density at radius 2 is 1.78 bits per heavy atom. The maximum atomic E-state index is 11.3. The van der Waals surface area contributed by atoms with Crippen molar-refractivity contribution in [3.63, 3.8) is 0 Å². The summed E-state index contributed by atoms with van der Waals surface area (Å²) in [6.07, 6.45) is 0. The van der Waals surface area contributed by atoms with E-state index in [0.29, 0.717) is 0 Å². The Morgan fingerprint density at radius 1 is 1.11 bits per heavy atom. The lowest BCUT2D eigenvalue weighted by atomic mass is 10.1. The van der Waals surface area contributed by atoms with Gasteiger partial charge in [0.05, 0.1) is 0 Å². The van der Waals surface area contributed by atoms with E-state index in [-0.39, 0.29) is 5.91 Å². The van der Waals surface area contributed by atoms with E-state index < -0.39 is 0 Å². The third kappa shape index (κ3) is 3.10. The van der Waals surface area contributed by atoms with Crippen molar-refractivity contribution in [3.05, 3.63) is 34.9 Å². The van der Waals surface area contributed by atoms with Crippen molar-refractivity contribution in [2.24, 2.45) is 0 Å². The minimum absolute atomic E-state index is 0.195. The molecule has 1 fully saturated rings. The van der Waals surface area contributed by atoms with Gasteiger partial charge in [0.15, 0.2) is 0 Å². The van der Waals surface area contributed by atoms with Crippen molar-refractivity contribution >= 4 is 5.91 Å². The summed E-state index contributed by atoms with van der Waals surface area (Å²) in [6.45, 7) is 10.6. The molecule has 18 heavy (non-hydrogen) atoms. The molecule has 0 bridgehead atoms. The normalized spacial score (nSPS) is 16.9. The molecule has 98 valence electrons. The lowest BCUT2D eigenvalue weighted by Gasteiger charge is -2.34. The summed E-state index contributed by atoms with van der Waals surface area (Å²) in [7, 11) is 0. The first-order valence-electron chi connectivity index (χ1n) is 6.60. The quantitative estimate of drug-likeness (QED) is 0.796. The Morgan fingerprint density at radius 3 is 2.33 bits per heavy atom. The zero-order chi connectivity index (χ0) is 13.1. The molecule has 0 spiro atoms. The Bertz CT molecular complexity index is 434. The Hall–Kier alpha value is -1.35. The van der Waals surface area contributed by atoms with Gasteiger partial charge in [0.25, 0.3) is 0 Å². The highest BCUT2D eigenvalue weighted by atomic mass is 16.2. The van der Waals surface area contributed by atoms with Gasteiger partial charge in [-0.3, -0.25) is 9.69 Å². The highest BCUT2D eigenvalue weighted by Gasteiger charge is 2.18. The number of aryl methyl sites for hydroxylation is 2. The maximum absolute atomic E-state index is 11.3. The second-order valence-corrected chi connectivity index (χ2v) is 5.20. The van der Waals surface area contributed by atoms with Gasteiger partial charge in [0, 0.05) is 39.6 Å². The second-order valence-electron chi connectivity index (χ2n) is 5.20. The molecule has 1 aromatic rings. The van der Waals surface area contributed by atoms with Crippen LogP contribution in [0.5, 0.6) is 0 Å². The van der Waals surface area contributed by atoms with Crippen molar-refractivity contribution in [2.45, 2.75) is 27.3 Å². The summed E-state index contributed by atoms with van der Waals surface area (Å²) in [5.41, 5.74) is 4.07. The summed E-state index contributed by atoms with van der Waals surface area (Å²) in [4.78, 5) is 15.6. The van der Waals surface area contributed by atoms with E-state index in [1.165, 1.54) is 16.7 Å². The molecule has 0 radical (unpaired) electrons.